The van der Waals surface area contributed by atoms with Crippen molar-refractivity contribution in [2.75, 3.05) is 38.1 Å². The summed E-state index contributed by atoms with van der Waals surface area (Å²) in [5.41, 5.74) is 6.90. The highest BCUT2D eigenvalue weighted by Gasteiger charge is 2.15. The maximum atomic E-state index is 5.80. The van der Waals surface area contributed by atoms with Gasteiger partial charge in [0, 0.05) is 38.4 Å². The summed E-state index contributed by atoms with van der Waals surface area (Å²) < 4.78 is 0. The molecule has 1 aliphatic heterocycles. The van der Waals surface area contributed by atoms with Crippen molar-refractivity contribution >= 4 is 5.82 Å². The second kappa shape index (κ2) is 4.80. The van der Waals surface area contributed by atoms with Crippen LogP contribution in [0.25, 0.3) is 0 Å². The molecule has 88 valence electrons. The summed E-state index contributed by atoms with van der Waals surface area (Å²) in [5, 5.41) is 0. The van der Waals surface area contributed by atoms with Crippen molar-refractivity contribution in [3.63, 3.8) is 0 Å². The molecule has 2 N–H and O–H groups in total. The second-order valence-electron chi connectivity index (χ2n) is 4.53. The number of hydrogen-bond acceptors (Lipinski definition) is 4. The molecule has 1 aliphatic rings. The molecule has 4 heteroatoms. The minimum absolute atomic E-state index is 0.0639. The van der Waals surface area contributed by atoms with E-state index < -0.39 is 0 Å². The molecule has 1 atom stereocenters. The number of nitrogens with zero attached hydrogens (tertiary/aromatic N) is 3. The Balaban J connectivity index is 2.04. The number of piperazine rings is 1. The summed E-state index contributed by atoms with van der Waals surface area (Å²) in [4.78, 5) is 9.14. The molecule has 0 aromatic carbocycles. The van der Waals surface area contributed by atoms with Gasteiger partial charge in [0.2, 0.25) is 0 Å². The van der Waals surface area contributed by atoms with Crippen LogP contribution in [-0.2, 0) is 0 Å². The van der Waals surface area contributed by atoms with Crippen molar-refractivity contribution in [3.05, 3.63) is 23.9 Å². The third-order valence-corrected chi connectivity index (χ3v) is 3.12. The number of anilines is 1. The van der Waals surface area contributed by atoms with Crippen LogP contribution >= 0.6 is 0 Å². The first kappa shape index (κ1) is 11.4. The molecular weight excluding hydrogens is 200 g/mol. The Morgan fingerprint density at radius 1 is 1.25 bits per heavy atom. The third kappa shape index (κ3) is 2.51. The van der Waals surface area contributed by atoms with E-state index >= 15 is 0 Å². The first-order valence-electron chi connectivity index (χ1n) is 5.82. The molecule has 1 aromatic rings. The van der Waals surface area contributed by atoms with Gasteiger partial charge in [0.1, 0.15) is 5.82 Å². The fourth-order valence-corrected chi connectivity index (χ4v) is 1.89. The highest BCUT2D eigenvalue weighted by molar-refractivity contribution is 5.40. The molecule has 1 fully saturated rings. The Morgan fingerprint density at radius 3 is 2.44 bits per heavy atom. The van der Waals surface area contributed by atoms with Gasteiger partial charge in [-0.2, -0.15) is 0 Å². The molecule has 0 radical (unpaired) electrons. The summed E-state index contributed by atoms with van der Waals surface area (Å²) in [6.45, 7) is 6.31. The molecule has 2 heterocycles. The van der Waals surface area contributed by atoms with E-state index in [4.69, 9.17) is 5.73 Å². The van der Waals surface area contributed by atoms with E-state index in [1.165, 1.54) is 0 Å². The lowest BCUT2D eigenvalue weighted by atomic mass is 10.1. The van der Waals surface area contributed by atoms with E-state index in [2.05, 4.69) is 34.0 Å². The van der Waals surface area contributed by atoms with Crippen molar-refractivity contribution in [3.8, 4) is 0 Å². The largest absolute Gasteiger partial charge is 0.354 e. The zero-order valence-corrected chi connectivity index (χ0v) is 10.1. The molecule has 0 bridgehead atoms. The summed E-state index contributed by atoms with van der Waals surface area (Å²) in [5.74, 6) is 1.07. The maximum absolute atomic E-state index is 5.80. The predicted octanol–water partition coefficient (Wildman–Crippen LogP) is 0.853. The average Bonchev–Trinajstić information content (AvgIpc) is 2.30. The van der Waals surface area contributed by atoms with Crippen LogP contribution in [0.3, 0.4) is 0 Å². The fraction of sp³-hybridized carbons (Fsp3) is 0.583. The van der Waals surface area contributed by atoms with Crippen molar-refractivity contribution in [1.29, 1.82) is 0 Å². The lowest BCUT2D eigenvalue weighted by Crippen LogP contribution is -2.44. The molecular formula is C12H20N4. The van der Waals surface area contributed by atoms with Crippen LogP contribution in [0.4, 0.5) is 5.82 Å². The van der Waals surface area contributed by atoms with Crippen LogP contribution in [0.5, 0.6) is 0 Å². The highest BCUT2D eigenvalue weighted by atomic mass is 15.3. The van der Waals surface area contributed by atoms with E-state index in [1.54, 1.807) is 0 Å². The predicted molar refractivity (Wildman–Crippen MR) is 66.5 cm³/mol. The Morgan fingerprint density at radius 2 is 1.94 bits per heavy atom. The Bertz CT molecular complexity index is 325. The average molecular weight is 220 g/mol. The molecule has 16 heavy (non-hydrogen) atoms. The molecule has 1 saturated heterocycles. The van der Waals surface area contributed by atoms with E-state index in [0.717, 1.165) is 37.6 Å². The van der Waals surface area contributed by atoms with Crippen molar-refractivity contribution in [1.82, 2.24) is 9.88 Å². The van der Waals surface area contributed by atoms with Gasteiger partial charge < -0.3 is 15.5 Å². The van der Waals surface area contributed by atoms with Crippen LogP contribution in [-0.4, -0.2) is 43.1 Å². The van der Waals surface area contributed by atoms with Crippen LogP contribution < -0.4 is 10.6 Å². The monoisotopic (exact) mass is 220 g/mol. The van der Waals surface area contributed by atoms with Crippen LogP contribution in [0, 0.1) is 0 Å². The number of hydrogen-bond donors (Lipinski definition) is 1. The SMILES string of the molecule is C[C@@H](N)c1ccc(N2CCN(C)CC2)nc1. The van der Waals surface area contributed by atoms with E-state index in [9.17, 15) is 0 Å². The Hall–Kier alpha value is -1.13. The van der Waals surface area contributed by atoms with Gasteiger partial charge in [0.15, 0.2) is 0 Å². The zero-order chi connectivity index (χ0) is 11.5. The molecule has 0 saturated carbocycles. The lowest BCUT2D eigenvalue weighted by molar-refractivity contribution is 0.312. The zero-order valence-electron chi connectivity index (χ0n) is 10.1. The maximum Gasteiger partial charge on any atom is 0.128 e. The van der Waals surface area contributed by atoms with Gasteiger partial charge in [-0.1, -0.05) is 6.07 Å². The quantitative estimate of drug-likeness (QED) is 0.802. The number of pyridine rings is 1. The molecule has 0 aliphatic carbocycles. The highest BCUT2D eigenvalue weighted by Crippen LogP contribution is 2.15. The summed E-state index contributed by atoms with van der Waals surface area (Å²) in [6.07, 6.45) is 1.89. The molecule has 2 rings (SSSR count). The number of aromatic nitrogens is 1. The number of rotatable bonds is 2. The van der Waals surface area contributed by atoms with Gasteiger partial charge in [-0.3, -0.25) is 0 Å². The van der Waals surface area contributed by atoms with Gasteiger partial charge in [0.05, 0.1) is 0 Å². The summed E-state index contributed by atoms with van der Waals surface area (Å²) in [6, 6.07) is 4.21. The summed E-state index contributed by atoms with van der Waals surface area (Å²) in [7, 11) is 2.16. The number of nitrogens with two attached hydrogens (primary N) is 1. The van der Waals surface area contributed by atoms with Gasteiger partial charge in [0.25, 0.3) is 0 Å². The third-order valence-electron chi connectivity index (χ3n) is 3.12. The van der Waals surface area contributed by atoms with E-state index in [-0.39, 0.29) is 6.04 Å². The fourth-order valence-electron chi connectivity index (χ4n) is 1.89. The Labute approximate surface area is 97.1 Å². The second-order valence-corrected chi connectivity index (χ2v) is 4.53. The van der Waals surface area contributed by atoms with Gasteiger partial charge in [-0.05, 0) is 25.6 Å². The lowest BCUT2D eigenvalue weighted by Gasteiger charge is -2.33. The Kier molecular flexibility index (Phi) is 3.41. The van der Waals surface area contributed by atoms with Crippen molar-refractivity contribution in [2.24, 2.45) is 5.73 Å². The molecule has 4 nitrogen and oxygen atoms in total. The van der Waals surface area contributed by atoms with Gasteiger partial charge in [-0.25, -0.2) is 4.98 Å². The van der Waals surface area contributed by atoms with Crippen molar-refractivity contribution in [2.45, 2.75) is 13.0 Å². The van der Waals surface area contributed by atoms with Crippen molar-refractivity contribution < 1.29 is 0 Å². The smallest absolute Gasteiger partial charge is 0.128 e. The first-order valence-corrected chi connectivity index (χ1v) is 5.82. The molecule has 0 amide bonds. The van der Waals surface area contributed by atoms with E-state index in [1.807, 2.05) is 13.1 Å². The standard InChI is InChI=1S/C12H20N4/c1-10(13)11-3-4-12(14-9-11)16-7-5-15(2)6-8-16/h3-4,9-10H,5-8,13H2,1-2H3/t10-/m1/s1. The molecule has 0 unspecified atom stereocenters. The minimum atomic E-state index is 0.0639. The van der Waals surface area contributed by atoms with Gasteiger partial charge in [-0.15, -0.1) is 0 Å². The van der Waals surface area contributed by atoms with Crippen LogP contribution in [0.1, 0.15) is 18.5 Å². The number of likely N-dealkylation sites (N-methyl/N-ethyl adjacent to an activating group) is 1. The molecule has 1 aromatic heterocycles. The van der Waals surface area contributed by atoms with E-state index in [0.29, 0.717) is 0 Å². The summed E-state index contributed by atoms with van der Waals surface area (Å²) >= 11 is 0. The first-order chi connectivity index (χ1) is 7.66. The van der Waals surface area contributed by atoms with Gasteiger partial charge >= 0.3 is 0 Å². The topological polar surface area (TPSA) is 45.4 Å². The minimum Gasteiger partial charge on any atom is -0.354 e. The molecule has 0 spiro atoms. The normalized spacial score (nSPS) is 19.8. The van der Waals surface area contributed by atoms with Crippen LogP contribution in [0.2, 0.25) is 0 Å². The van der Waals surface area contributed by atoms with Crippen LogP contribution in [0.15, 0.2) is 18.3 Å².